The van der Waals surface area contributed by atoms with Crippen molar-refractivity contribution in [3.8, 4) is 0 Å². The first-order valence-electron chi connectivity index (χ1n) is 12.2. The summed E-state index contributed by atoms with van der Waals surface area (Å²) in [5, 5.41) is 10.5. The minimum atomic E-state index is -0.928. The normalized spacial score (nSPS) is 16.6. The number of aromatic nitrogens is 2. The van der Waals surface area contributed by atoms with E-state index in [9.17, 15) is 14.7 Å². The molecule has 1 aliphatic heterocycles. The number of nitrogens with zero attached hydrogens (tertiary/aromatic N) is 4. The molecule has 34 heavy (non-hydrogen) atoms. The lowest BCUT2D eigenvalue weighted by Gasteiger charge is -2.27. The van der Waals surface area contributed by atoms with Gasteiger partial charge in [-0.2, -0.15) is 0 Å². The summed E-state index contributed by atoms with van der Waals surface area (Å²) in [7, 11) is 0. The number of rotatable bonds is 8. The standard InChI is InChI=1S/C27H30N4O3/c32-26(33)17-25(21-16-20-7-2-3-9-23(20)28-18-21)31-15-14-30(27(31)34)13-5-8-22-12-11-19-6-1-4-10-24(19)29-22/h2-3,7,9,11-12,16,18,25H,1,4-6,8,10,13-15,17H2,(H,32,33)/t25-/m0/s1. The quantitative estimate of drug-likeness (QED) is 0.541. The van der Waals surface area contributed by atoms with Gasteiger partial charge in [-0.05, 0) is 67.9 Å². The van der Waals surface area contributed by atoms with Gasteiger partial charge >= 0.3 is 12.0 Å². The van der Waals surface area contributed by atoms with E-state index < -0.39 is 12.0 Å². The Kier molecular flexibility index (Phi) is 6.43. The summed E-state index contributed by atoms with van der Waals surface area (Å²) < 4.78 is 0. The lowest BCUT2D eigenvalue weighted by Crippen LogP contribution is -2.36. The number of para-hydroxylation sites is 1. The van der Waals surface area contributed by atoms with E-state index in [-0.39, 0.29) is 12.5 Å². The Balaban J connectivity index is 1.24. The summed E-state index contributed by atoms with van der Waals surface area (Å²) in [6, 6.07) is 13.4. The van der Waals surface area contributed by atoms with Gasteiger partial charge in [0, 0.05) is 42.6 Å². The maximum Gasteiger partial charge on any atom is 0.320 e. The molecule has 0 unspecified atom stereocenters. The number of pyridine rings is 2. The van der Waals surface area contributed by atoms with Gasteiger partial charge in [-0.15, -0.1) is 0 Å². The lowest BCUT2D eigenvalue weighted by atomic mass is 9.95. The van der Waals surface area contributed by atoms with Crippen molar-refractivity contribution in [2.45, 2.75) is 51.0 Å². The summed E-state index contributed by atoms with van der Waals surface area (Å²) in [6.07, 6.45) is 7.90. The van der Waals surface area contributed by atoms with Crippen LogP contribution in [0.5, 0.6) is 0 Å². The zero-order chi connectivity index (χ0) is 23.5. The van der Waals surface area contributed by atoms with E-state index in [4.69, 9.17) is 4.98 Å². The molecule has 2 amide bonds. The van der Waals surface area contributed by atoms with E-state index in [1.807, 2.05) is 35.2 Å². The van der Waals surface area contributed by atoms with Gasteiger partial charge < -0.3 is 14.9 Å². The molecule has 1 saturated heterocycles. The van der Waals surface area contributed by atoms with Crippen LogP contribution in [0.25, 0.3) is 10.9 Å². The molecule has 1 aromatic carbocycles. The molecule has 1 atom stereocenters. The second-order valence-electron chi connectivity index (χ2n) is 9.26. The van der Waals surface area contributed by atoms with Crippen LogP contribution in [0.4, 0.5) is 4.79 Å². The highest BCUT2D eigenvalue weighted by Gasteiger charge is 2.35. The highest BCUT2D eigenvalue weighted by Crippen LogP contribution is 2.30. The molecule has 0 radical (unpaired) electrons. The van der Waals surface area contributed by atoms with Crippen LogP contribution >= 0.6 is 0 Å². The zero-order valence-electron chi connectivity index (χ0n) is 19.3. The fraction of sp³-hybridized carbons (Fsp3) is 0.407. The number of benzene rings is 1. The van der Waals surface area contributed by atoms with Crippen molar-refractivity contribution in [3.05, 3.63) is 71.2 Å². The second-order valence-corrected chi connectivity index (χ2v) is 9.26. The number of carboxylic acids is 1. The molecule has 3 heterocycles. The van der Waals surface area contributed by atoms with Gasteiger partial charge in [-0.1, -0.05) is 24.3 Å². The molecule has 0 spiro atoms. The van der Waals surface area contributed by atoms with Crippen LogP contribution in [-0.2, 0) is 24.1 Å². The molecule has 2 aromatic heterocycles. The molecule has 0 bridgehead atoms. The number of carboxylic acid groups (broad SMARTS) is 1. The van der Waals surface area contributed by atoms with Crippen molar-refractivity contribution >= 4 is 22.9 Å². The van der Waals surface area contributed by atoms with Crippen LogP contribution in [-0.4, -0.2) is 56.5 Å². The molecule has 1 fully saturated rings. The Hall–Kier alpha value is -3.48. The van der Waals surface area contributed by atoms with Crippen molar-refractivity contribution in [2.24, 2.45) is 0 Å². The second kappa shape index (κ2) is 9.79. The average molecular weight is 459 g/mol. The summed E-state index contributed by atoms with van der Waals surface area (Å²) in [5.74, 6) is -0.928. The highest BCUT2D eigenvalue weighted by atomic mass is 16.4. The first-order valence-corrected chi connectivity index (χ1v) is 12.2. The number of carbonyl (C=O) groups excluding carboxylic acids is 1. The minimum Gasteiger partial charge on any atom is -0.481 e. The fourth-order valence-electron chi connectivity index (χ4n) is 5.16. The number of urea groups is 1. The predicted molar refractivity (Wildman–Crippen MR) is 130 cm³/mol. The molecule has 7 heteroatoms. The molecule has 1 N–H and O–H groups in total. The fourth-order valence-corrected chi connectivity index (χ4v) is 5.16. The van der Waals surface area contributed by atoms with Crippen molar-refractivity contribution in [1.29, 1.82) is 0 Å². The third-order valence-corrected chi connectivity index (χ3v) is 6.96. The average Bonchev–Trinajstić information content (AvgIpc) is 3.22. The number of aliphatic carboxylic acids is 1. The third-order valence-electron chi connectivity index (χ3n) is 6.96. The number of aryl methyl sites for hydroxylation is 3. The number of hydrogen-bond donors (Lipinski definition) is 1. The Bertz CT molecular complexity index is 1210. The molecule has 7 nitrogen and oxygen atoms in total. The van der Waals surface area contributed by atoms with Crippen molar-refractivity contribution in [2.75, 3.05) is 19.6 Å². The van der Waals surface area contributed by atoms with Gasteiger partial charge in [0.1, 0.15) is 0 Å². The van der Waals surface area contributed by atoms with Crippen LogP contribution in [0.3, 0.4) is 0 Å². The van der Waals surface area contributed by atoms with E-state index in [2.05, 4.69) is 17.1 Å². The first-order chi connectivity index (χ1) is 16.6. The summed E-state index contributed by atoms with van der Waals surface area (Å²) >= 11 is 0. The van der Waals surface area contributed by atoms with Gasteiger partial charge in [-0.25, -0.2) is 4.79 Å². The first kappa shape index (κ1) is 22.3. The van der Waals surface area contributed by atoms with Crippen LogP contribution in [0.1, 0.15) is 54.2 Å². The SMILES string of the molecule is O=C(O)C[C@@H](c1cnc2ccccc2c1)N1CCN(CCCc2ccc3c(n2)CCCC3)C1=O. The zero-order valence-corrected chi connectivity index (χ0v) is 19.3. The van der Waals surface area contributed by atoms with Gasteiger partial charge in [0.15, 0.2) is 0 Å². The van der Waals surface area contributed by atoms with Crippen molar-refractivity contribution in [1.82, 2.24) is 19.8 Å². The van der Waals surface area contributed by atoms with Crippen molar-refractivity contribution < 1.29 is 14.7 Å². The molecule has 3 aromatic rings. The highest BCUT2D eigenvalue weighted by molar-refractivity contribution is 5.81. The topological polar surface area (TPSA) is 86.6 Å². The number of carbonyl (C=O) groups is 2. The van der Waals surface area contributed by atoms with Crippen LogP contribution in [0.2, 0.25) is 0 Å². The van der Waals surface area contributed by atoms with E-state index in [1.165, 1.54) is 24.1 Å². The van der Waals surface area contributed by atoms with Crippen LogP contribution in [0, 0.1) is 0 Å². The van der Waals surface area contributed by atoms with Crippen molar-refractivity contribution in [3.63, 3.8) is 0 Å². The predicted octanol–water partition coefficient (Wildman–Crippen LogP) is 4.39. The Morgan fingerprint density at radius 3 is 2.82 bits per heavy atom. The number of hydrogen-bond acceptors (Lipinski definition) is 4. The maximum absolute atomic E-state index is 13.2. The smallest absolute Gasteiger partial charge is 0.320 e. The Labute approximate surface area is 199 Å². The number of fused-ring (bicyclic) bond motifs is 2. The minimum absolute atomic E-state index is 0.0993. The van der Waals surface area contributed by atoms with Gasteiger partial charge in [0.25, 0.3) is 0 Å². The molecule has 2 aliphatic rings. The summed E-state index contributed by atoms with van der Waals surface area (Å²) in [6.45, 7) is 1.76. The van der Waals surface area contributed by atoms with Gasteiger partial charge in [-0.3, -0.25) is 14.8 Å². The lowest BCUT2D eigenvalue weighted by molar-refractivity contribution is -0.138. The summed E-state index contributed by atoms with van der Waals surface area (Å²) in [4.78, 5) is 37.7. The summed E-state index contributed by atoms with van der Waals surface area (Å²) in [5.41, 5.74) is 5.33. The van der Waals surface area contributed by atoms with Gasteiger partial charge in [0.2, 0.25) is 0 Å². The van der Waals surface area contributed by atoms with E-state index in [1.54, 1.807) is 11.1 Å². The van der Waals surface area contributed by atoms with E-state index in [0.717, 1.165) is 47.8 Å². The molecule has 5 rings (SSSR count). The molecular formula is C27H30N4O3. The molecular weight excluding hydrogens is 428 g/mol. The third kappa shape index (κ3) is 4.74. The number of amides is 2. The van der Waals surface area contributed by atoms with Crippen LogP contribution in [0.15, 0.2) is 48.7 Å². The maximum atomic E-state index is 13.2. The largest absolute Gasteiger partial charge is 0.481 e. The van der Waals surface area contributed by atoms with E-state index in [0.29, 0.717) is 19.6 Å². The molecule has 0 saturated carbocycles. The molecule has 176 valence electrons. The Morgan fingerprint density at radius 1 is 1.09 bits per heavy atom. The van der Waals surface area contributed by atoms with Gasteiger partial charge in [0.05, 0.1) is 18.0 Å². The monoisotopic (exact) mass is 458 g/mol. The van der Waals surface area contributed by atoms with Crippen LogP contribution < -0.4 is 0 Å². The van der Waals surface area contributed by atoms with E-state index >= 15 is 0 Å². The molecule has 1 aliphatic carbocycles. The Morgan fingerprint density at radius 2 is 1.94 bits per heavy atom.